The zero-order valence-corrected chi connectivity index (χ0v) is 15.4. The Morgan fingerprint density at radius 3 is 2.57 bits per heavy atom. The maximum Gasteiger partial charge on any atom is 0.416 e. The number of hydrogen-bond donors (Lipinski definition) is 0. The van der Waals surface area contributed by atoms with E-state index in [1.807, 2.05) is 0 Å². The van der Waals surface area contributed by atoms with E-state index in [1.54, 1.807) is 18.2 Å². The van der Waals surface area contributed by atoms with Crippen molar-refractivity contribution in [2.45, 2.75) is 18.5 Å². The molecule has 0 aromatic heterocycles. The number of fused-ring (bicyclic) bond motifs is 1. The summed E-state index contributed by atoms with van der Waals surface area (Å²) in [4.78, 5) is 26.6. The highest BCUT2D eigenvalue weighted by Gasteiger charge is 2.43. The summed E-state index contributed by atoms with van der Waals surface area (Å²) in [7, 11) is 0. The first-order chi connectivity index (χ1) is 14.3. The standard InChI is InChI=1S/C21H14F3NO5/c22-21(23,24)12-2-1-3-13(7-12)25-15-9-28-20(27)19(15)14(8-18(25)26)11-4-5-16-17(6-11)30-10-29-16/h1-7,14H,8-10H2/t14-/m1/s1. The molecule has 0 spiro atoms. The summed E-state index contributed by atoms with van der Waals surface area (Å²) in [5, 5.41) is 0. The first-order valence-electron chi connectivity index (χ1n) is 9.13. The van der Waals surface area contributed by atoms with Gasteiger partial charge in [0.2, 0.25) is 12.7 Å². The van der Waals surface area contributed by atoms with Gasteiger partial charge in [0.15, 0.2) is 11.5 Å². The molecule has 0 saturated carbocycles. The number of anilines is 1. The molecule has 6 nitrogen and oxygen atoms in total. The van der Waals surface area contributed by atoms with Crippen LogP contribution in [-0.2, 0) is 20.5 Å². The Bertz CT molecular complexity index is 1110. The minimum Gasteiger partial charge on any atom is -0.456 e. The van der Waals surface area contributed by atoms with Crippen molar-refractivity contribution in [2.24, 2.45) is 0 Å². The SMILES string of the molecule is O=C1OCC2=C1[C@@H](c1ccc3c(c1)OCO3)CC(=O)N2c1cccc(C(F)(F)F)c1. The predicted octanol–water partition coefficient (Wildman–Crippen LogP) is 3.77. The molecule has 30 heavy (non-hydrogen) atoms. The Balaban J connectivity index is 1.59. The van der Waals surface area contributed by atoms with Crippen LogP contribution in [0.3, 0.4) is 0 Å². The number of benzene rings is 2. The highest BCUT2D eigenvalue weighted by molar-refractivity contribution is 6.06. The summed E-state index contributed by atoms with van der Waals surface area (Å²) in [6, 6.07) is 9.60. The molecule has 0 unspecified atom stereocenters. The second-order valence-electron chi connectivity index (χ2n) is 7.08. The van der Waals surface area contributed by atoms with E-state index >= 15 is 0 Å². The number of esters is 1. The molecule has 2 aromatic rings. The number of nitrogens with zero attached hydrogens (tertiary/aromatic N) is 1. The van der Waals surface area contributed by atoms with Gasteiger partial charge >= 0.3 is 12.1 Å². The molecule has 0 bridgehead atoms. The number of carbonyl (C=O) groups is 2. The fourth-order valence-electron chi connectivity index (χ4n) is 3.99. The molecule has 0 aliphatic carbocycles. The summed E-state index contributed by atoms with van der Waals surface area (Å²) in [6.07, 6.45) is -4.65. The van der Waals surface area contributed by atoms with Crippen LogP contribution in [0.2, 0.25) is 0 Å². The van der Waals surface area contributed by atoms with Crippen LogP contribution in [0.15, 0.2) is 53.7 Å². The molecule has 0 radical (unpaired) electrons. The van der Waals surface area contributed by atoms with Crippen molar-refractivity contribution in [1.82, 2.24) is 0 Å². The van der Waals surface area contributed by atoms with Crippen LogP contribution in [0.5, 0.6) is 11.5 Å². The molecule has 1 atom stereocenters. The largest absolute Gasteiger partial charge is 0.456 e. The van der Waals surface area contributed by atoms with Gasteiger partial charge in [-0.3, -0.25) is 9.69 Å². The highest BCUT2D eigenvalue weighted by atomic mass is 19.4. The predicted molar refractivity (Wildman–Crippen MR) is 96.8 cm³/mol. The Hall–Kier alpha value is -3.49. The monoisotopic (exact) mass is 417 g/mol. The maximum atomic E-state index is 13.1. The van der Waals surface area contributed by atoms with Crippen LogP contribution in [-0.4, -0.2) is 25.3 Å². The molecule has 3 aliphatic rings. The number of rotatable bonds is 2. The smallest absolute Gasteiger partial charge is 0.416 e. The molecule has 0 fully saturated rings. The maximum absolute atomic E-state index is 13.1. The summed E-state index contributed by atoms with van der Waals surface area (Å²) in [5.74, 6) is -0.520. The molecule has 3 aliphatic heterocycles. The molecule has 5 rings (SSSR count). The number of carbonyl (C=O) groups excluding carboxylic acids is 2. The Morgan fingerprint density at radius 2 is 1.77 bits per heavy atom. The van der Waals surface area contributed by atoms with Gasteiger partial charge in [-0.1, -0.05) is 12.1 Å². The third kappa shape index (κ3) is 2.89. The molecule has 154 valence electrons. The van der Waals surface area contributed by atoms with Crippen LogP contribution in [0.25, 0.3) is 0 Å². The number of halogens is 3. The van der Waals surface area contributed by atoms with Gasteiger partial charge in [-0.05, 0) is 35.9 Å². The van der Waals surface area contributed by atoms with Crippen LogP contribution < -0.4 is 14.4 Å². The van der Waals surface area contributed by atoms with Crippen molar-refractivity contribution in [1.29, 1.82) is 0 Å². The minimum absolute atomic E-state index is 0.0461. The van der Waals surface area contributed by atoms with Gasteiger partial charge in [-0.15, -0.1) is 0 Å². The lowest BCUT2D eigenvalue weighted by Crippen LogP contribution is -2.37. The number of ether oxygens (including phenoxy) is 3. The fourth-order valence-corrected chi connectivity index (χ4v) is 3.99. The Labute approximate surface area is 168 Å². The van der Waals surface area contributed by atoms with E-state index in [0.717, 1.165) is 17.0 Å². The van der Waals surface area contributed by atoms with Gasteiger partial charge in [0.25, 0.3) is 0 Å². The van der Waals surface area contributed by atoms with E-state index in [-0.39, 0.29) is 36.8 Å². The summed E-state index contributed by atoms with van der Waals surface area (Å²) >= 11 is 0. The molecule has 0 N–H and O–H groups in total. The average molecular weight is 417 g/mol. The van der Waals surface area contributed by atoms with E-state index < -0.39 is 29.5 Å². The third-order valence-electron chi connectivity index (χ3n) is 5.35. The number of amides is 1. The van der Waals surface area contributed by atoms with Crippen LogP contribution in [0.1, 0.15) is 23.5 Å². The van der Waals surface area contributed by atoms with Gasteiger partial charge in [0.1, 0.15) is 6.61 Å². The first kappa shape index (κ1) is 18.5. The van der Waals surface area contributed by atoms with Crippen molar-refractivity contribution in [3.8, 4) is 11.5 Å². The lowest BCUT2D eigenvalue weighted by Gasteiger charge is -2.32. The topological polar surface area (TPSA) is 65.1 Å². The van der Waals surface area contributed by atoms with Crippen molar-refractivity contribution >= 4 is 17.6 Å². The molecule has 2 aromatic carbocycles. The number of cyclic esters (lactones) is 1. The van der Waals surface area contributed by atoms with Gasteiger partial charge in [-0.25, -0.2) is 4.79 Å². The number of alkyl halides is 3. The molecule has 0 saturated heterocycles. The second-order valence-corrected chi connectivity index (χ2v) is 7.08. The van der Waals surface area contributed by atoms with E-state index in [9.17, 15) is 22.8 Å². The molecular weight excluding hydrogens is 403 g/mol. The number of hydrogen-bond acceptors (Lipinski definition) is 5. The Kier molecular flexibility index (Phi) is 4.02. The summed E-state index contributed by atoms with van der Waals surface area (Å²) in [6.45, 7) is -0.0983. The molecule has 1 amide bonds. The van der Waals surface area contributed by atoms with E-state index in [1.165, 1.54) is 12.1 Å². The summed E-state index contributed by atoms with van der Waals surface area (Å²) < 4.78 is 55.2. The first-order valence-corrected chi connectivity index (χ1v) is 9.13. The van der Waals surface area contributed by atoms with Crippen LogP contribution >= 0.6 is 0 Å². The van der Waals surface area contributed by atoms with E-state index in [2.05, 4.69) is 0 Å². The van der Waals surface area contributed by atoms with Crippen molar-refractivity contribution in [3.05, 3.63) is 64.9 Å². The van der Waals surface area contributed by atoms with E-state index in [4.69, 9.17) is 14.2 Å². The van der Waals surface area contributed by atoms with Gasteiger partial charge in [-0.2, -0.15) is 13.2 Å². The van der Waals surface area contributed by atoms with Gasteiger partial charge in [0, 0.05) is 18.0 Å². The highest BCUT2D eigenvalue weighted by Crippen LogP contribution is 2.45. The van der Waals surface area contributed by atoms with Gasteiger partial charge in [0.05, 0.1) is 16.8 Å². The lowest BCUT2D eigenvalue weighted by atomic mass is 9.84. The zero-order valence-electron chi connectivity index (χ0n) is 15.4. The average Bonchev–Trinajstić information content (AvgIpc) is 3.33. The van der Waals surface area contributed by atoms with Crippen LogP contribution in [0.4, 0.5) is 18.9 Å². The Morgan fingerprint density at radius 1 is 0.967 bits per heavy atom. The molecular formula is C21H14F3NO5. The second kappa shape index (κ2) is 6.51. The summed E-state index contributed by atoms with van der Waals surface area (Å²) in [5.41, 5.74) is 0.370. The third-order valence-corrected chi connectivity index (χ3v) is 5.35. The van der Waals surface area contributed by atoms with Crippen LogP contribution in [0, 0.1) is 0 Å². The fraction of sp³-hybridized carbons (Fsp3) is 0.238. The van der Waals surface area contributed by atoms with Crippen molar-refractivity contribution in [2.75, 3.05) is 18.3 Å². The molecule has 3 heterocycles. The normalized spacial score (nSPS) is 20.5. The van der Waals surface area contributed by atoms with Crippen molar-refractivity contribution in [3.63, 3.8) is 0 Å². The van der Waals surface area contributed by atoms with Gasteiger partial charge < -0.3 is 14.2 Å². The minimum atomic E-state index is -4.55. The lowest BCUT2D eigenvalue weighted by molar-refractivity contribution is -0.138. The zero-order chi connectivity index (χ0) is 21.0. The quantitative estimate of drug-likeness (QED) is 0.697. The molecule has 9 heteroatoms. The van der Waals surface area contributed by atoms with E-state index in [0.29, 0.717) is 17.1 Å². The van der Waals surface area contributed by atoms with Crippen molar-refractivity contribution < 1.29 is 37.0 Å².